The van der Waals surface area contributed by atoms with Crippen LogP contribution < -0.4 is 10.6 Å². The molecular formula is C21H32N6O. The van der Waals surface area contributed by atoms with Gasteiger partial charge >= 0.3 is 0 Å². The monoisotopic (exact) mass is 384 g/mol. The lowest BCUT2D eigenvalue weighted by molar-refractivity contribution is 0.0376. The Bertz CT molecular complexity index is 709. The molecule has 0 saturated carbocycles. The molecule has 0 spiro atoms. The number of ether oxygens (including phenoxy) is 1. The maximum Gasteiger partial charge on any atom is 0.191 e. The van der Waals surface area contributed by atoms with Crippen LogP contribution in [-0.4, -0.2) is 66.3 Å². The van der Waals surface area contributed by atoms with Gasteiger partial charge in [-0.25, -0.2) is 9.98 Å². The molecule has 1 aliphatic rings. The predicted molar refractivity (Wildman–Crippen MR) is 112 cm³/mol. The van der Waals surface area contributed by atoms with Crippen molar-refractivity contribution in [3.63, 3.8) is 0 Å². The molecule has 2 aromatic rings. The Hall–Kier alpha value is -2.38. The maximum atomic E-state index is 5.40. The molecular weight excluding hydrogens is 352 g/mol. The van der Waals surface area contributed by atoms with E-state index in [1.165, 1.54) is 11.1 Å². The van der Waals surface area contributed by atoms with E-state index in [-0.39, 0.29) is 0 Å². The molecule has 28 heavy (non-hydrogen) atoms. The Kier molecular flexibility index (Phi) is 8.33. The van der Waals surface area contributed by atoms with Crippen LogP contribution in [0.4, 0.5) is 0 Å². The Labute approximate surface area is 167 Å². The van der Waals surface area contributed by atoms with E-state index in [4.69, 9.17) is 9.73 Å². The third-order valence-corrected chi connectivity index (χ3v) is 4.73. The molecule has 152 valence electrons. The highest BCUT2D eigenvalue weighted by molar-refractivity contribution is 5.79. The molecule has 2 N–H and O–H groups in total. The van der Waals surface area contributed by atoms with Gasteiger partial charge in [-0.3, -0.25) is 4.90 Å². The summed E-state index contributed by atoms with van der Waals surface area (Å²) in [6, 6.07) is 8.58. The van der Waals surface area contributed by atoms with Gasteiger partial charge in [-0.05, 0) is 31.0 Å². The number of hydrogen-bond acceptors (Lipinski definition) is 4. The third kappa shape index (κ3) is 6.98. The van der Waals surface area contributed by atoms with Gasteiger partial charge in [-0.2, -0.15) is 0 Å². The highest BCUT2D eigenvalue weighted by atomic mass is 16.5. The molecule has 1 aromatic heterocycles. The molecule has 7 nitrogen and oxygen atoms in total. The normalized spacial score (nSPS) is 15.5. The largest absolute Gasteiger partial charge is 0.379 e. The number of hydrogen-bond donors (Lipinski definition) is 2. The van der Waals surface area contributed by atoms with Gasteiger partial charge in [0.05, 0.1) is 26.1 Å². The number of aliphatic imine (C=N–C) groups is 1. The molecule has 2 heterocycles. The first-order chi connectivity index (χ1) is 13.8. The zero-order valence-electron chi connectivity index (χ0n) is 16.8. The Morgan fingerprint density at radius 2 is 2.07 bits per heavy atom. The van der Waals surface area contributed by atoms with Crippen molar-refractivity contribution >= 4 is 5.96 Å². The molecule has 0 bridgehead atoms. The van der Waals surface area contributed by atoms with Crippen LogP contribution in [0.2, 0.25) is 0 Å². The molecule has 1 aromatic carbocycles. The highest BCUT2D eigenvalue weighted by Gasteiger charge is 2.09. The van der Waals surface area contributed by atoms with Crippen molar-refractivity contribution in [2.45, 2.75) is 26.4 Å². The van der Waals surface area contributed by atoms with Crippen LogP contribution in [0.1, 0.15) is 24.5 Å². The molecule has 1 aliphatic heterocycles. The van der Waals surface area contributed by atoms with Gasteiger partial charge < -0.3 is 19.9 Å². The van der Waals surface area contributed by atoms with Gasteiger partial charge in [0, 0.05) is 45.1 Å². The average molecular weight is 385 g/mol. The molecule has 0 atom stereocenters. The number of guanidine groups is 1. The molecule has 1 saturated heterocycles. The summed E-state index contributed by atoms with van der Waals surface area (Å²) in [4.78, 5) is 11.3. The van der Waals surface area contributed by atoms with E-state index < -0.39 is 0 Å². The number of benzene rings is 1. The second-order valence-corrected chi connectivity index (χ2v) is 6.98. The number of imidazole rings is 1. The van der Waals surface area contributed by atoms with Crippen molar-refractivity contribution in [1.82, 2.24) is 25.1 Å². The van der Waals surface area contributed by atoms with E-state index >= 15 is 0 Å². The van der Waals surface area contributed by atoms with Gasteiger partial charge in [0.2, 0.25) is 0 Å². The molecule has 0 aliphatic carbocycles. The van der Waals surface area contributed by atoms with E-state index in [0.717, 1.165) is 64.9 Å². The lowest BCUT2D eigenvalue weighted by atomic mass is 10.1. The second-order valence-electron chi connectivity index (χ2n) is 6.98. The van der Waals surface area contributed by atoms with Crippen molar-refractivity contribution in [1.29, 1.82) is 0 Å². The Balaban J connectivity index is 1.46. The Morgan fingerprint density at radius 1 is 1.21 bits per heavy atom. The van der Waals surface area contributed by atoms with Crippen LogP contribution in [0, 0.1) is 0 Å². The first kappa shape index (κ1) is 20.4. The smallest absolute Gasteiger partial charge is 0.191 e. The lowest BCUT2D eigenvalue weighted by Gasteiger charge is -2.26. The van der Waals surface area contributed by atoms with Gasteiger partial charge in [-0.15, -0.1) is 0 Å². The van der Waals surface area contributed by atoms with E-state index in [1.54, 1.807) is 0 Å². The molecule has 0 unspecified atom stereocenters. The maximum absolute atomic E-state index is 5.40. The van der Waals surface area contributed by atoms with Gasteiger partial charge in [0.1, 0.15) is 0 Å². The number of morpholine rings is 1. The summed E-state index contributed by atoms with van der Waals surface area (Å²) < 4.78 is 7.47. The summed E-state index contributed by atoms with van der Waals surface area (Å²) in [5.41, 5.74) is 2.47. The number of rotatable bonds is 9. The zero-order chi connectivity index (χ0) is 19.4. The first-order valence-corrected chi connectivity index (χ1v) is 10.2. The fraction of sp³-hybridized carbons (Fsp3) is 0.524. The fourth-order valence-electron chi connectivity index (χ4n) is 3.26. The summed E-state index contributed by atoms with van der Waals surface area (Å²) in [6.45, 7) is 10.3. The minimum atomic E-state index is 0.663. The van der Waals surface area contributed by atoms with Crippen molar-refractivity contribution in [2.24, 2.45) is 4.99 Å². The van der Waals surface area contributed by atoms with Crippen LogP contribution in [-0.2, 0) is 17.8 Å². The topological polar surface area (TPSA) is 66.7 Å². The van der Waals surface area contributed by atoms with Gasteiger partial charge in [0.25, 0.3) is 0 Å². The second kappa shape index (κ2) is 11.5. The molecule has 3 rings (SSSR count). The summed E-state index contributed by atoms with van der Waals surface area (Å²) in [5.74, 6) is 0.879. The van der Waals surface area contributed by atoms with Crippen LogP contribution in [0.3, 0.4) is 0 Å². The third-order valence-electron chi connectivity index (χ3n) is 4.73. The number of nitrogens with one attached hydrogen (secondary N) is 2. The van der Waals surface area contributed by atoms with Crippen molar-refractivity contribution in [3.05, 3.63) is 54.1 Å². The molecule has 0 amide bonds. The lowest BCUT2D eigenvalue weighted by Crippen LogP contribution is -2.40. The van der Waals surface area contributed by atoms with E-state index in [9.17, 15) is 0 Å². The van der Waals surface area contributed by atoms with Crippen molar-refractivity contribution < 1.29 is 4.74 Å². The number of nitrogens with zero attached hydrogens (tertiary/aromatic N) is 4. The van der Waals surface area contributed by atoms with E-state index in [2.05, 4.69) is 56.3 Å². The Morgan fingerprint density at radius 3 is 2.86 bits per heavy atom. The van der Waals surface area contributed by atoms with E-state index in [0.29, 0.717) is 6.54 Å². The summed E-state index contributed by atoms with van der Waals surface area (Å²) in [6.07, 6.45) is 6.73. The van der Waals surface area contributed by atoms with E-state index in [1.807, 2.05) is 18.7 Å². The predicted octanol–water partition coefficient (Wildman–Crippen LogP) is 1.71. The highest BCUT2D eigenvalue weighted by Crippen LogP contribution is 2.08. The van der Waals surface area contributed by atoms with Crippen molar-refractivity contribution in [2.75, 3.05) is 45.9 Å². The fourth-order valence-corrected chi connectivity index (χ4v) is 3.26. The molecule has 0 radical (unpaired) electrons. The van der Waals surface area contributed by atoms with Crippen LogP contribution in [0.25, 0.3) is 0 Å². The first-order valence-electron chi connectivity index (χ1n) is 10.2. The zero-order valence-corrected chi connectivity index (χ0v) is 16.8. The minimum absolute atomic E-state index is 0.663. The van der Waals surface area contributed by atoms with Crippen molar-refractivity contribution in [3.8, 4) is 0 Å². The number of aromatic nitrogens is 2. The van der Waals surface area contributed by atoms with Gasteiger partial charge in [-0.1, -0.05) is 24.3 Å². The summed E-state index contributed by atoms with van der Waals surface area (Å²) in [7, 11) is 0. The van der Waals surface area contributed by atoms with Crippen LogP contribution in [0.15, 0.2) is 48.0 Å². The summed E-state index contributed by atoms with van der Waals surface area (Å²) in [5, 5.41) is 6.79. The standard InChI is InChI=1S/C21H32N6O/c1-2-23-21(24-7-4-9-26-11-13-28-14-12-26)25-16-19-5-3-6-20(15-19)17-27-10-8-22-18-27/h3,5-6,8,10,15,18H,2,4,7,9,11-14,16-17H2,1H3,(H2,23,24,25). The average Bonchev–Trinajstić information content (AvgIpc) is 3.23. The summed E-state index contributed by atoms with van der Waals surface area (Å²) >= 11 is 0. The molecule has 7 heteroatoms. The SMILES string of the molecule is CCNC(=NCc1cccc(Cn2ccnc2)c1)NCCCN1CCOCC1. The molecule has 1 fully saturated rings. The minimum Gasteiger partial charge on any atom is -0.379 e. The van der Waals surface area contributed by atoms with Crippen LogP contribution in [0.5, 0.6) is 0 Å². The van der Waals surface area contributed by atoms with Crippen LogP contribution >= 0.6 is 0 Å². The van der Waals surface area contributed by atoms with Gasteiger partial charge in [0.15, 0.2) is 5.96 Å². The quantitative estimate of drug-likeness (QED) is 0.391.